The van der Waals surface area contributed by atoms with Crippen LogP contribution in [-0.4, -0.2) is 22.6 Å². The van der Waals surface area contributed by atoms with E-state index < -0.39 is 10.0 Å². The average Bonchev–Trinajstić information content (AvgIpc) is 2.47. The molecule has 2 aromatic rings. The third kappa shape index (κ3) is 4.00. The maximum atomic E-state index is 12.4. The first kappa shape index (κ1) is 16.8. The Hall–Kier alpha value is -1.57. The van der Waals surface area contributed by atoms with Gasteiger partial charge >= 0.3 is 0 Å². The molecule has 0 saturated heterocycles. The summed E-state index contributed by atoms with van der Waals surface area (Å²) < 4.78 is 38.1. The minimum atomic E-state index is -3.67. The fourth-order valence-corrected chi connectivity index (χ4v) is 3.69. The van der Waals surface area contributed by atoms with E-state index >= 15 is 0 Å². The highest BCUT2D eigenvalue weighted by Crippen LogP contribution is 2.28. The van der Waals surface area contributed by atoms with E-state index in [1.807, 2.05) is 6.07 Å². The van der Waals surface area contributed by atoms with E-state index in [4.69, 9.17) is 9.47 Å². The number of anilines is 1. The van der Waals surface area contributed by atoms with Crippen LogP contribution >= 0.6 is 15.9 Å². The van der Waals surface area contributed by atoms with Crippen LogP contribution in [0.3, 0.4) is 0 Å². The van der Waals surface area contributed by atoms with Gasteiger partial charge in [-0.1, -0.05) is 12.1 Å². The van der Waals surface area contributed by atoms with Crippen LogP contribution in [0.2, 0.25) is 0 Å². The summed E-state index contributed by atoms with van der Waals surface area (Å²) in [5.41, 5.74) is 1.38. The SMILES string of the molecule is COCc1cccc(NS(=O)(=O)c2ccc(OC)c(Br)c2)c1. The van der Waals surface area contributed by atoms with Gasteiger partial charge in [-0.25, -0.2) is 8.42 Å². The highest BCUT2D eigenvalue weighted by molar-refractivity contribution is 9.10. The molecule has 0 bridgehead atoms. The second-order valence-electron chi connectivity index (χ2n) is 4.54. The van der Waals surface area contributed by atoms with Gasteiger partial charge in [-0.2, -0.15) is 0 Å². The van der Waals surface area contributed by atoms with Crippen molar-refractivity contribution >= 4 is 31.6 Å². The topological polar surface area (TPSA) is 64.6 Å². The Morgan fingerprint density at radius 3 is 2.55 bits per heavy atom. The van der Waals surface area contributed by atoms with Gasteiger partial charge in [0.1, 0.15) is 5.75 Å². The van der Waals surface area contributed by atoms with Crippen LogP contribution in [0, 0.1) is 0 Å². The monoisotopic (exact) mass is 385 g/mol. The molecule has 118 valence electrons. The average molecular weight is 386 g/mol. The van der Waals surface area contributed by atoms with Gasteiger partial charge in [-0.15, -0.1) is 0 Å². The van der Waals surface area contributed by atoms with Gasteiger partial charge < -0.3 is 9.47 Å². The highest BCUT2D eigenvalue weighted by atomic mass is 79.9. The van der Waals surface area contributed by atoms with Crippen molar-refractivity contribution in [2.45, 2.75) is 11.5 Å². The smallest absolute Gasteiger partial charge is 0.261 e. The lowest BCUT2D eigenvalue weighted by atomic mass is 10.2. The van der Waals surface area contributed by atoms with Crippen LogP contribution in [0.4, 0.5) is 5.69 Å². The lowest BCUT2D eigenvalue weighted by Crippen LogP contribution is -2.13. The molecule has 0 radical (unpaired) electrons. The van der Waals surface area contributed by atoms with Gasteiger partial charge in [0.15, 0.2) is 0 Å². The van der Waals surface area contributed by atoms with Crippen molar-refractivity contribution in [1.29, 1.82) is 0 Å². The second-order valence-corrected chi connectivity index (χ2v) is 7.07. The van der Waals surface area contributed by atoms with Crippen LogP contribution in [0.25, 0.3) is 0 Å². The summed E-state index contributed by atoms with van der Waals surface area (Å²) in [4.78, 5) is 0.150. The van der Waals surface area contributed by atoms with E-state index in [1.165, 1.54) is 19.2 Å². The Morgan fingerprint density at radius 1 is 1.14 bits per heavy atom. The van der Waals surface area contributed by atoms with E-state index in [0.717, 1.165) is 5.56 Å². The van der Waals surface area contributed by atoms with E-state index in [0.29, 0.717) is 22.5 Å². The summed E-state index contributed by atoms with van der Waals surface area (Å²) in [6.07, 6.45) is 0. The van der Waals surface area contributed by atoms with Crippen LogP contribution in [0.1, 0.15) is 5.56 Å². The number of halogens is 1. The lowest BCUT2D eigenvalue weighted by Gasteiger charge is -2.11. The molecule has 0 aliphatic heterocycles. The van der Waals surface area contributed by atoms with Gasteiger partial charge in [0.25, 0.3) is 10.0 Å². The fraction of sp³-hybridized carbons (Fsp3) is 0.200. The van der Waals surface area contributed by atoms with E-state index in [1.54, 1.807) is 31.4 Å². The molecular formula is C15H16BrNO4S. The predicted molar refractivity (Wildman–Crippen MR) is 88.7 cm³/mol. The van der Waals surface area contributed by atoms with Crippen molar-refractivity contribution < 1.29 is 17.9 Å². The van der Waals surface area contributed by atoms with Crippen LogP contribution in [-0.2, 0) is 21.4 Å². The number of hydrogen-bond acceptors (Lipinski definition) is 4. The van der Waals surface area contributed by atoms with Gasteiger partial charge in [0.2, 0.25) is 0 Å². The fourth-order valence-electron chi connectivity index (χ4n) is 1.92. The summed E-state index contributed by atoms with van der Waals surface area (Å²) in [6, 6.07) is 11.7. The van der Waals surface area contributed by atoms with Crippen LogP contribution < -0.4 is 9.46 Å². The van der Waals surface area contributed by atoms with Gasteiger partial charge in [0.05, 0.1) is 23.1 Å². The van der Waals surface area contributed by atoms with Crippen molar-refractivity contribution in [3.63, 3.8) is 0 Å². The third-order valence-corrected chi connectivity index (χ3v) is 4.92. The minimum Gasteiger partial charge on any atom is -0.496 e. The molecule has 0 aliphatic carbocycles. The molecule has 2 aromatic carbocycles. The Kier molecular flexibility index (Phi) is 5.44. The van der Waals surface area contributed by atoms with Crippen molar-refractivity contribution in [2.75, 3.05) is 18.9 Å². The molecule has 0 amide bonds. The molecule has 2 rings (SSSR count). The molecule has 0 unspecified atom stereocenters. The molecule has 0 spiro atoms. The molecule has 1 N–H and O–H groups in total. The largest absolute Gasteiger partial charge is 0.496 e. The lowest BCUT2D eigenvalue weighted by molar-refractivity contribution is 0.185. The standard InChI is InChI=1S/C15H16BrNO4S/c1-20-10-11-4-3-5-12(8-11)17-22(18,19)13-6-7-15(21-2)14(16)9-13/h3-9,17H,10H2,1-2H3. The first-order chi connectivity index (χ1) is 10.5. The number of methoxy groups -OCH3 is 2. The predicted octanol–water partition coefficient (Wildman–Crippen LogP) is 3.40. The van der Waals surface area contributed by atoms with Crippen LogP contribution in [0.15, 0.2) is 51.8 Å². The third-order valence-electron chi connectivity index (χ3n) is 2.92. The van der Waals surface area contributed by atoms with Crippen molar-refractivity contribution in [2.24, 2.45) is 0 Å². The molecule has 0 saturated carbocycles. The zero-order chi connectivity index (χ0) is 16.2. The number of nitrogens with one attached hydrogen (secondary N) is 1. The zero-order valence-electron chi connectivity index (χ0n) is 12.2. The second kappa shape index (κ2) is 7.13. The van der Waals surface area contributed by atoms with Crippen molar-refractivity contribution in [3.05, 3.63) is 52.5 Å². The normalized spacial score (nSPS) is 11.2. The minimum absolute atomic E-state index is 0.150. The molecule has 7 heteroatoms. The first-order valence-corrected chi connectivity index (χ1v) is 8.68. The van der Waals surface area contributed by atoms with Gasteiger partial charge in [-0.3, -0.25) is 4.72 Å². The molecule has 0 aliphatic rings. The Bertz CT molecular complexity index is 762. The van der Waals surface area contributed by atoms with E-state index in [2.05, 4.69) is 20.7 Å². The maximum absolute atomic E-state index is 12.4. The number of hydrogen-bond donors (Lipinski definition) is 1. The van der Waals surface area contributed by atoms with Gasteiger partial charge in [0, 0.05) is 12.8 Å². The maximum Gasteiger partial charge on any atom is 0.261 e. The number of benzene rings is 2. The highest BCUT2D eigenvalue weighted by Gasteiger charge is 2.16. The summed E-state index contributed by atoms with van der Waals surface area (Å²) in [5.74, 6) is 0.570. The van der Waals surface area contributed by atoms with E-state index in [9.17, 15) is 8.42 Å². The molecule has 22 heavy (non-hydrogen) atoms. The quantitative estimate of drug-likeness (QED) is 0.827. The number of sulfonamides is 1. The molecule has 0 heterocycles. The van der Waals surface area contributed by atoms with E-state index in [-0.39, 0.29) is 4.90 Å². The zero-order valence-corrected chi connectivity index (χ0v) is 14.6. The Morgan fingerprint density at radius 2 is 1.91 bits per heavy atom. The number of ether oxygens (including phenoxy) is 2. The first-order valence-electron chi connectivity index (χ1n) is 6.40. The number of rotatable bonds is 6. The van der Waals surface area contributed by atoms with Crippen LogP contribution in [0.5, 0.6) is 5.75 Å². The molecule has 0 fully saturated rings. The summed E-state index contributed by atoms with van der Waals surface area (Å²) in [5, 5.41) is 0. The summed E-state index contributed by atoms with van der Waals surface area (Å²) in [6.45, 7) is 0.420. The molecule has 0 aromatic heterocycles. The molecule has 0 atom stereocenters. The van der Waals surface area contributed by atoms with Crippen molar-refractivity contribution in [3.8, 4) is 5.75 Å². The Balaban J connectivity index is 2.27. The molecular weight excluding hydrogens is 370 g/mol. The van der Waals surface area contributed by atoms with Gasteiger partial charge in [-0.05, 0) is 51.8 Å². The Labute approximate surface area is 138 Å². The molecule has 5 nitrogen and oxygen atoms in total. The summed E-state index contributed by atoms with van der Waals surface area (Å²) >= 11 is 3.28. The van der Waals surface area contributed by atoms with Crippen molar-refractivity contribution in [1.82, 2.24) is 0 Å². The summed E-state index contributed by atoms with van der Waals surface area (Å²) in [7, 11) is -0.558.